The molecular formula is C12H22N2O3. The normalized spacial score (nSPS) is 21.4. The van der Waals surface area contributed by atoms with E-state index < -0.39 is 12.0 Å². The molecule has 0 aromatic heterocycles. The van der Waals surface area contributed by atoms with E-state index in [9.17, 15) is 9.59 Å². The zero-order valence-corrected chi connectivity index (χ0v) is 10.8. The lowest BCUT2D eigenvalue weighted by molar-refractivity contribution is -0.141. The lowest BCUT2D eigenvalue weighted by Crippen LogP contribution is -2.49. The Bertz CT molecular complexity index is 293. The van der Waals surface area contributed by atoms with E-state index in [1.165, 1.54) is 4.90 Å². The molecule has 17 heavy (non-hydrogen) atoms. The number of aliphatic carboxylic acids is 1. The van der Waals surface area contributed by atoms with Crippen LogP contribution in [0.5, 0.6) is 0 Å². The van der Waals surface area contributed by atoms with E-state index in [0.29, 0.717) is 13.0 Å². The van der Waals surface area contributed by atoms with Gasteiger partial charge in [-0.15, -0.1) is 0 Å². The third kappa shape index (κ3) is 3.11. The fourth-order valence-electron chi connectivity index (χ4n) is 2.25. The Morgan fingerprint density at radius 3 is 2.71 bits per heavy atom. The summed E-state index contributed by atoms with van der Waals surface area (Å²) in [6.45, 7) is 4.62. The Morgan fingerprint density at radius 1 is 1.53 bits per heavy atom. The molecule has 0 aliphatic carbocycles. The van der Waals surface area contributed by atoms with E-state index in [2.05, 4.69) is 6.92 Å². The van der Waals surface area contributed by atoms with Crippen LogP contribution >= 0.6 is 0 Å². The summed E-state index contributed by atoms with van der Waals surface area (Å²) >= 11 is 0. The molecule has 1 unspecified atom stereocenters. The summed E-state index contributed by atoms with van der Waals surface area (Å²) in [5.41, 5.74) is 0. The van der Waals surface area contributed by atoms with Gasteiger partial charge in [0.05, 0.1) is 0 Å². The van der Waals surface area contributed by atoms with Crippen molar-refractivity contribution in [3.8, 4) is 0 Å². The van der Waals surface area contributed by atoms with Crippen LogP contribution in [0.3, 0.4) is 0 Å². The number of carbonyl (C=O) groups is 2. The molecule has 0 radical (unpaired) electrons. The van der Waals surface area contributed by atoms with E-state index in [1.807, 2.05) is 6.92 Å². The molecule has 0 spiro atoms. The van der Waals surface area contributed by atoms with Gasteiger partial charge in [-0.1, -0.05) is 13.3 Å². The van der Waals surface area contributed by atoms with Crippen LogP contribution in [0.15, 0.2) is 0 Å². The van der Waals surface area contributed by atoms with Gasteiger partial charge in [-0.3, -0.25) is 0 Å². The van der Waals surface area contributed by atoms with Crippen molar-refractivity contribution in [2.75, 3.05) is 13.6 Å². The Balaban J connectivity index is 2.65. The van der Waals surface area contributed by atoms with Crippen molar-refractivity contribution >= 4 is 12.0 Å². The quantitative estimate of drug-likeness (QED) is 0.817. The van der Waals surface area contributed by atoms with Crippen molar-refractivity contribution in [3.05, 3.63) is 0 Å². The number of amides is 2. The highest BCUT2D eigenvalue weighted by atomic mass is 16.4. The summed E-state index contributed by atoms with van der Waals surface area (Å²) in [6, 6.07) is -0.642. The molecule has 0 bridgehead atoms. The summed E-state index contributed by atoms with van der Waals surface area (Å²) in [7, 11) is 1.75. The van der Waals surface area contributed by atoms with Gasteiger partial charge in [0, 0.05) is 19.6 Å². The summed E-state index contributed by atoms with van der Waals surface area (Å²) in [4.78, 5) is 26.3. The molecule has 5 heteroatoms. The zero-order chi connectivity index (χ0) is 13.0. The Morgan fingerprint density at radius 2 is 2.18 bits per heavy atom. The van der Waals surface area contributed by atoms with Crippen molar-refractivity contribution in [2.45, 2.75) is 51.6 Å². The van der Waals surface area contributed by atoms with Crippen LogP contribution in [-0.2, 0) is 4.79 Å². The molecule has 5 nitrogen and oxygen atoms in total. The summed E-state index contributed by atoms with van der Waals surface area (Å²) in [5.74, 6) is -0.896. The topological polar surface area (TPSA) is 60.9 Å². The molecule has 0 aromatic rings. The second kappa shape index (κ2) is 5.89. The number of carboxylic acid groups (broad SMARTS) is 1. The van der Waals surface area contributed by atoms with Crippen LogP contribution in [-0.4, -0.2) is 52.6 Å². The van der Waals surface area contributed by atoms with E-state index in [-0.39, 0.29) is 12.1 Å². The van der Waals surface area contributed by atoms with Gasteiger partial charge in [-0.05, 0) is 26.2 Å². The average molecular weight is 242 g/mol. The lowest BCUT2D eigenvalue weighted by atomic mass is 10.2. The second-order valence-corrected chi connectivity index (χ2v) is 4.72. The van der Waals surface area contributed by atoms with Crippen LogP contribution < -0.4 is 0 Å². The summed E-state index contributed by atoms with van der Waals surface area (Å²) < 4.78 is 0. The lowest BCUT2D eigenvalue weighted by Gasteiger charge is -2.31. The predicted octanol–water partition coefficient (Wildman–Crippen LogP) is 1.78. The number of hydrogen-bond donors (Lipinski definition) is 1. The Kier molecular flexibility index (Phi) is 4.78. The summed E-state index contributed by atoms with van der Waals surface area (Å²) in [6.07, 6.45) is 3.30. The maximum absolute atomic E-state index is 12.2. The van der Waals surface area contributed by atoms with Gasteiger partial charge >= 0.3 is 12.0 Å². The van der Waals surface area contributed by atoms with Crippen LogP contribution in [0, 0.1) is 0 Å². The minimum atomic E-state index is -0.896. The average Bonchev–Trinajstić information content (AvgIpc) is 2.76. The minimum Gasteiger partial charge on any atom is -0.480 e. The fraction of sp³-hybridized carbons (Fsp3) is 0.833. The monoisotopic (exact) mass is 242 g/mol. The summed E-state index contributed by atoms with van der Waals surface area (Å²) in [5, 5.41) is 9.04. The van der Waals surface area contributed by atoms with Crippen molar-refractivity contribution in [3.63, 3.8) is 0 Å². The number of nitrogens with zero attached hydrogens (tertiary/aromatic N) is 2. The standard InChI is InChI=1S/C12H22N2O3/c1-4-6-9(2)13(3)12(17)14-8-5-7-10(14)11(15)16/h9-10H,4-8H2,1-3H3,(H,15,16)/t9?,10-/m0/s1. The first-order chi connectivity index (χ1) is 7.99. The maximum atomic E-state index is 12.2. The molecule has 2 atom stereocenters. The van der Waals surface area contributed by atoms with Crippen LogP contribution in [0.25, 0.3) is 0 Å². The van der Waals surface area contributed by atoms with Crippen LogP contribution in [0.2, 0.25) is 0 Å². The molecule has 0 saturated carbocycles. The minimum absolute atomic E-state index is 0.155. The molecular weight excluding hydrogens is 220 g/mol. The number of carbonyl (C=O) groups excluding carboxylic acids is 1. The molecule has 98 valence electrons. The first-order valence-electron chi connectivity index (χ1n) is 6.25. The second-order valence-electron chi connectivity index (χ2n) is 4.72. The van der Waals surface area contributed by atoms with E-state index >= 15 is 0 Å². The van der Waals surface area contributed by atoms with Gasteiger partial charge in [0.25, 0.3) is 0 Å². The highest BCUT2D eigenvalue weighted by Gasteiger charge is 2.36. The van der Waals surface area contributed by atoms with E-state index in [1.54, 1.807) is 11.9 Å². The first kappa shape index (κ1) is 13.8. The molecule has 1 aliphatic rings. The molecule has 1 heterocycles. The molecule has 1 fully saturated rings. The Labute approximate surface area is 102 Å². The van der Waals surface area contributed by atoms with Gasteiger partial charge in [-0.25, -0.2) is 9.59 Å². The molecule has 1 saturated heterocycles. The van der Waals surface area contributed by atoms with Gasteiger partial charge < -0.3 is 14.9 Å². The number of carboxylic acids is 1. The highest BCUT2D eigenvalue weighted by Crippen LogP contribution is 2.20. The van der Waals surface area contributed by atoms with Crippen LogP contribution in [0.1, 0.15) is 39.5 Å². The van der Waals surface area contributed by atoms with Crippen molar-refractivity contribution in [1.82, 2.24) is 9.80 Å². The van der Waals surface area contributed by atoms with Crippen molar-refractivity contribution in [2.24, 2.45) is 0 Å². The maximum Gasteiger partial charge on any atom is 0.326 e. The van der Waals surface area contributed by atoms with E-state index in [4.69, 9.17) is 5.11 Å². The van der Waals surface area contributed by atoms with Gasteiger partial charge in [0.2, 0.25) is 0 Å². The number of urea groups is 1. The third-order valence-electron chi connectivity index (χ3n) is 3.45. The van der Waals surface area contributed by atoms with Gasteiger partial charge in [0.15, 0.2) is 0 Å². The molecule has 1 N–H and O–H groups in total. The largest absolute Gasteiger partial charge is 0.480 e. The zero-order valence-electron chi connectivity index (χ0n) is 10.8. The van der Waals surface area contributed by atoms with Gasteiger partial charge in [0.1, 0.15) is 6.04 Å². The Hall–Kier alpha value is -1.26. The number of rotatable bonds is 4. The van der Waals surface area contributed by atoms with E-state index in [0.717, 1.165) is 19.3 Å². The van der Waals surface area contributed by atoms with Gasteiger partial charge in [-0.2, -0.15) is 0 Å². The first-order valence-corrected chi connectivity index (χ1v) is 6.25. The van der Waals surface area contributed by atoms with Crippen molar-refractivity contribution < 1.29 is 14.7 Å². The number of hydrogen-bond acceptors (Lipinski definition) is 2. The molecule has 1 rings (SSSR count). The molecule has 2 amide bonds. The van der Waals surface area contributed by atoms with Crippen LogP contribution in [0.4, 0.5) is 4.79 Å². The van der Waals surface area contributed by atoms with Crippen molar-refractivity contribution in [1.29, 1.82) is 0 Å². The molecule has 1 aliphatic heterocycles. The number of likely N-dealkylation sites (tertiary alicyclic amines) is 1. The fourth-order valence-corrected chi connectivity index (χ4v) is 2.25. The third-order valence-corrected chi connectivity index (χ3v) is 3.45. The predicted molar refractivity (Wildman–Crippen MR) is 64.9 cm³/mol. The smallest absolute Gasteiger partial charge is 0.326 e. The highest BCUT2D eigenvalue weighted by molar-refractivity contribution is 5.83. The SMILES string of the molecule is CCCC(C)N(C)C(=O)N1CCC[C@H]1C(=O)O. The molecule has 0 aromatic carbocycles.